The molecule has 0 aliphatic rings. The van der Waals surface area contributed by atoms with Crippen molar-refractivity contribution in [3.8, 4) is 0 Å². The molecule has 0 N–H and O–H groups in total. The van der Waals surface area contributed by atoms with E-state index >= 15 is 0 Å². The van der Waals surface area contributed by atoms with Crippen LogP contribution in [0.25, 0.3) is 0 Å². The number of nitrogens with zero attached hydrogens (tertiary/aromatic N) is 3. The molecule has 20 heavy (non-hydrogen) atoms. The first-order chi connectivity index (χ1) is 9.67. The molecule has 0 spiro atoms. The first kappa shape index (κ1) is 14.7. The van der Waals surface area contributed by atoms with Gasteiger partial charge in [0, 0.05) is 11.4 Å². The summed E-state index contributed by atoms with van der Waals surface area (Å²) in [5, 5.41) is 2.02. The van der Waals surface area contributed by atoms with Gasteiger partial charge < -0.3 is 0 Å². The van der Waals surface area contributed by atoms with Gasteiger partial charge in [0.15, 0.2) is 0 Å². The Kier molecular flexibility index (Phi) is 4.84. The highest BCUT2D eigenvalue weighted by atomic mass is 32.1. The van der Waals surface area contributed by atoms with E-state index in [4.69, 9.17) is 0 Å². The minimum absolute atomic E-state index is 0.0538. The molecule has 2 heterocycles. The largest absolute Gasteiger partial charge is 0.297 e. The van der Waals surface area contributed by atoms with Crippen LogP contribution in [0.5, 0.6) is 0 Å². The standard InChI is InChI=1S/C15H19N3OS/c1-4-8-18-10-16-11(3)14(15(18)19)17-12(5-2)13-7-6-9-20-13/h6-7,9-10H,4-5,8H2,1-3H3. The van der Waals surface area contributed by atoms with Gasteiger partial charge in [0.25, 0.3) is 5.56 Å². The van der Waals surface area contributed by atoms with Crippen molar-refractivity contribution in [2.24, 2.45) is 4.99 Å². The lowest BCUT2D eigenvalue weighted by Crippen LogP contribution is -2.21. The second-order valence-electron chi connectivity index (χ2n) is 4.57. The molecule has 2 aromatic rings. The van der Waals surface area contributed by atoms with Gasteiger partial charge in [-0.1, -0.05) is 19.9 Å². The van der Waals surface area contributed by atoms with Gasteiger partial charge in [0.2, 0.25) is 0 Å². The Hall–Kier alpha value is -1.75. The molecule has 2 aromatic heterocycles. The van der Waals surface area contributed by atoms with Crippen LogP contribution in [0.15, 0.2) is 33.6 Å². The Morgan fingerprint density at radius 3 is 2.85 bits per heavy atom. The van der Waals surface area contributed by atoms with Crippen molar-refractivity contribution in [1.82, 2.24) is 9.55 Å². The average Bonchev–Trinajstić information content (AvgIpc) is 2.96. The molecule has 0 saturated carbocycles. The summed E-state index contributed by atoms with van der Waals surface area (Å²) in [6, 6.07) is 4.03. The minimum Gasteiger partial charge on any atom is -0.297 e. The topological polar surface area (TPSA) is 47.2 Å². The maximum Gasteiger partial charge on any atom is 0.279 e. The predicted molar refractivity (Wildman–Crippen MR) is 84.3 cm³/mol. The van der Waals surface area contributed by atoms with E-state index in [-0.39, 0.29) is 5.56 Å². The van der Waals surface area contributed by atoms with Gasteiger partial charge in [0.1, 0.15) is 5.69 Å². The molecule has 0 atom stereocenters. The lowest BCUT2D eigenvalue weighted by Gasteiger charge is -2.07. The van der Waals surface area contributed by atoms with E-state index in [1.165, 1.54) is 0 Å². The smallest absolute Gasteiger partial charge is 0.279 e. The van der Waals surface area contributed by atoms with Gasteiger partial charge in [-0.15, -0.1) is 11.3 Å². The van der Waals surface area contributed by atoms with Crippen molar-refractivity contribution >= 4 is 22.7 Å². The van der Waals surface area contributed by atoms with Gasteiger partial charge in [-0.3, -0.25) is 9.36 Å². The lowest BCUT2D eigenvalue weighted by molar-refractivity contribution is 0.639. The van der Waals surface area contributed by atoms with Crippen LogP contribution in [-0.4, -0.2) is 15.3 Å². The van der Waals surface area contributed by atoms with Gasteiger partial charge in [0.05, 0.1) is 17.7 Å². The Labute approximate surface area is 122 Å². The van der Waals surface area contributed by atoms with E-state index in [9.17, 15) is 4.79 Å². The van der Waals surface area contributed by atoms with Crippen molar-refractivity contribution in [3.05, 3.63) is 44.8 Å². The highest BCUT2D eigenvalue weighted by molar-refractivity contribution is 7.12. The van der Waals surface area contributed by atoms with Crippen molar-refractivity contribution in [1.29, 1.82) is 0 Å². The summed E-state index contributed by atoms with van der Waals surface area (Å²) < 4.78 is 1.63. The zero-order valence-corrected chi connectivity index (χ0v) is 12.9. The molecule has 0 amide bonds. The summed E-state index contributed by atoms with van der Waals surface area (Å²) in [7, 11) is 0. The molecule has 0 radical (unpaired) electrons. The third-order valence-electron chi connectivity index (χ3n) is 3.05. The number of hydrogen-bond acceptors (Lipinski definition) is 4. The fourth-order valence-corrected chi connectivity index (χ4v) is 2.76. The number of aryl methyl sites for hydroxylation is 2. The molecule has 0 aromatic carbocycles. The summed E-state index contributed by atoms with van der Waals surface area (Å²) in [5.74, 6) is 0. The van der Waals surface area contributed by atoms with Crippen molar-refractivity contribution in [3.63, 3.8) is 0 Å². The molecule has 0 aliphatic heterocycles. The van der Waals surface area contributed by atoms with Crippen LogP contribution in [0.4, 0.5) is 5.69 Å². The average molecular weight is 289 g/mol. The first-order valence-corrected chi connectivity index (χ1v) is 7.72. The molecule has 2 rings (SSSR count). The molecule has 0 bridgehead atoms. The summed E-state index contributed by atoms with van der Waals surface area (Å²) in [5.41, 5.74) is 2.04. The molecule has 0 unspecified atom stereocenters. The van der Waals surface area contributed by atoms with Crippen molar-refractivity contribution in [2.45, 2.75) is 40.2 Å². The van der Waals surface area contributed by atoms with Crippen molar-refractivity contribution < 1.29 is 0 Å². The predicted octanol–water partition coefficient (Wildman–Crippen LogP) is 3.55. The summed E-state index contributed by atoms with van der Waals surface area (Å²) in [6.45, 7) is 6.60. The van der Waals surface area contributed by atoms with E-state index in [1.54, 1.807) is 22.2 Å². The Bertz CT molecular complexity index is 656. The third-order valence-corrected chi connectivity index (χ3v) is 3.97. The number of hydrogen-bond donors (Lipinski definition) is 0. The third kappa shape index (κ3) is 3.04. The highest BCUT2D eigenvalue weighted by Gasteiger charge is 2.10. The molecular formula is C15H19N3OS. The fraction of sp³-hybridized carbons (Fsp3) is 0.400. The second kappa shape index (κ2) is 6.61. The Morgan fingerprint density at radius 1 is 1.45 bits per heavy atom. The van der Waals surface area contributed by atoms with Gasteiger partial charge in [-0.2, -0.15) is 0 Å². The van der Waals surface area contributed by atoms with E-state index in [1.807, 2.05) is 31.4 Å². The van der Waals surface area contributed by atoms with E-state index in [0.29, 0.717) is 17.9 Å². The molecule has 106 valence electrons. The number of aromatic nitrogens is 2. The van der Waals surface area contributed by atoms with Gasteiger partial charge in [-0.05, 0) is 31.2 Å². The molecular weight excluding hydrogens is 270 g/mol. The normalized spacial score (nSPS) is 11.8. The number of aliphatic imine (C=N–C) groups is 1. The summed E-state index contributed by atoms with van der Waals surface area (Å²) in [6.07, 6.45) is 3.30. The minimum atomic E-state index is -0.0538. The van der Waals surface area contributed by atoms with E-state index in [2.05, 4.69) is 16.9 Å². The maximum absolute atomic E-state index is 12.4. The van der Waals surface area contributed by atoms with Crippen LogP contribution in [0.1, 0.15) is 37.3 Å². The van der Waals surface area contributed by atoms with Crippen LogP contribution < -0.4 is 5.56 Å². The zero-order valence-electron chi connectivity index (χ0n) is 12.1. The quantitative estimate of drug-likeness (QED) is 0.790. The molecule has 0 saturated heterocycles. The van der Waals surface area contributed by atoms with Crippen LogP contribution in [0.2, 0.25) is 0 Å². The lowest BCUT2D eigenvalue weighted by atomic mass is 10.2. The van der Waals surface area contributed by atoms with Crippen LogP contribution in [-0.2, 0) is 6.54 Å². The van der Waals surface area contributed by atoms with Gasteiger partial charge in [-0.25, -0.2) is 9.98 Å². The zero-order chi connectivity index (χ0) is 14.5. The second-order valence-corrected chi connectivity index (χ2v) is 5.51. The molecule has 0 aliphatic carbocycles. The Morgan fingerprint density at radius 2 is 2.25 bits per heavy atom. The summed E-state index contributed by atoms with van der Waals surface area (Å²) >= 11 is 1.64. The van der Waals surface area contributed by atoms with Crippen molar-refractivity contribution in [2.75, 3.05) is 0 Å². The molecule has 5 heteroatoms. The number of thiophene rings is 1. The first-order valence-electron chi connectivity index (χ1n) is 6.84. The van der Waals surface area contributed by atoms with Gasteiger partial charge >= 0.3 is 0 Å². The SMILES string of the molecule is CCCn1cnc(C)c(N=C(CC)c2cccs2)c1=O. The van der Waals surface area contributed by atoms with Crippen LogP contribution in [0, 0.1) is 6.92 Å². The molecule has 4 nitrogen and oxygen atoms in total. The fourth-order valence-electron chi connectivity index (χ4n) is 1.98. The Balaban J connectivity index is 2.51. The van der Waals surface area contributed by atoms with Crippen LogP contribution >= 0.6 is 11.3 Å². The monoisotopic (exact) mass is 289 g/mol. The number of rotatable bonds is 5. The molecule has 0 fully saturated rings. The van der Waals surface area contributed by atoms with Crippen LogP contribution in [0.3, 0.4) is 0 Å². The maximum atomic E-state index is 12.4. The van der Waals surface area contributed by atoms with E-state index < -0.39 is 0 Å². The van der Waals surface area contributed by atoms with E-state index in [0.717, 1.165) is 23.4 Å². The summed E-state index contributed by atoms with van der Waals surface area (Å²) in [4.78, 5) is 22.4. The highest BCUT2D eigenvalue weighted by Crippen LogP contribution is 2.17.